The average Bonchev–Trinajstić information content (AvgIpc) is 3.55. The lowest BCUT2D eigenvalue weighted by Crippen LogP contribution is -2.30. The zero-order valence-corrected chi connectivity index (χ0v) is 26.7. The quantitative estimate of drug-likeness (QED) is 0.148. The van der Waals surface area contributed by atoms with Gasteiger partial charge in [-0.05, 0) is 70.4 Å². The molecule has 2 aromatic carbocycles. The number of anilines is 1. The van der Waals surface area contributed by atoms with Crippen molar-refractivity contribution in [2.24, 2.45) is 0 Å². The van der Waals surface area contributed by atoms with E-state index in [1.807, 2.05) is 41.0 Å². The van der Waals surface area contributed by atoms with Crippen LogP contribution >= 0.6 is 15.9 Å². The first-order chi connectivity index (χ1) is 22.0. The Balaban J connectivity index is 1.41. The molecule has 0 aliphatic heterocycles. The minimum atomic E-state index is -5.65. The summed E-state index contributed by atoms with van der Waals surface area (Å²) in [5.41, 5.74) is -1.16. The zero-order valence-electron chi connectivity index (χ0n) is 24.3. The Bertz CT molecular complexity index is 2170. The van der Waals surface area contributed by atoms with Gasteiger partial charge in [0.05, 0.1) is 34.7 Å². The number of unbranched alkanes of at least 4 members (excludes halogenated alkanes) is 1. The first kappa shape index (κ1) is 31.7. The Morgan fingerprint density at radius 2 is 1.80 bits per heavy atom. The van der Waals surface area contributed by atoms with Crippen LogP contribution in [0.4, 0.5) is 18.9 Å². The number of nitrogens with one attached hydrogen (secondary N) is 1. The van der Waals surface area contributed by atoms with Crippen molar-refractivity contribution in [1.82, 2.24) is 19.5 Å². The van der Waals surface area contributed by atoms with E-state index in [2.05, 4.69) is 27.8 Å². The van der Waals surface area contributed by atoms with Gasteiger partial charge in [0.15, 0.2) is 11.4 Å². The first-order valence-corrected chi connectivity index (χ1v) is 16.6. The summed E-state index contributed by atoms with van der Waals surface area (Å²) < 4.78 is 73.2. The number of sulfonamides is 1. The summed E-state index contributed by atoms with van der Waals surface area (Å²) in [6, 6.07) is 18.6. The summed E-state index contributed by atoms with van der Waals surface area (Å²) in [4.78, 5) is 14.2. The molecule has 0 radical (unpaired) electrons. The number of aromatic nitrogens is 4. The number of rotatable bonds is 10. The third kappa shape index (κ3) is 5.99. The highest BCUT2D eigenvalue weighted by atomic mass is 79.9. The highest BCUT2D eigenvalue weighted by molar-refractivity contribution is 9.10. The SMILES string of the molecule is CCCCc1nc2cc(-c3ccccn3)c(CO)nc2n1Cc1ccc2oc(-c3ccccc3NS(=O)(=O)C(F)(F)F)c(Br)c2c1. The first-order valence-electron chi connectivity index (χ1n) is 14.3. The smallest absolute Gasteiger partial charge is 0.455 e. The molecule has 14 heteroatoms. The van der Waals surface area contributed by atoms with E-state index in [1.165, 1.54) is 18.2 Å². The van der Waals surface area contributed by atoms with Gasteiger partial charge in [-0.2, -0.15) is 21.6 Å². The third-order valence-corrected chi connectivity index (χ3v) is 9.36. The van der Waals surface area contributed by atoms with Crippen LogP contribution in [0.1, 0.15) is 36.8 Å². The number of furan rings is 1. The molecular formula is C32H27BrF3N5O4S. The maximum absolute atomic E-state index is 13.1. The van der Waals surface area contributed by atoms with Crippen molar-refractivity contribution in [3.63, 3.8) is 0 Å². The van der Waals surface area contributed by atoms with E-state index >= 15 is 0 Å². The molecule has 0 aliphatic rings. The number of aliphatic hydroxyl groups excluding tert-OH is 1. The maximum atomic E-state index is 13.1. The standard InChI is InChI=1S/C32H27BrF3N5O4S/c1-2-3-11-28-38-25-16-21(23-9-6-7-14-37-23)26(18-42)39-31(25)41(28)17-19-12-13-27-22(15-19)29(33)30(45-27)20-8-4-5-10-24(20)40-46(43,44)32(34,35)36/h4-10,12-16,40,42H,2-3,11,17-18H2,1H3. The van der Waals surface area contributed by atoms with Gasteiger partial charge < -0.3 is 14.1 Å². The van der Waals surface area contributed by atoms with Crippen LogP contribution < -0.4 is 4.72 Å². The highest BCUT2D eigenvalue weighted by Gasteiger charge is 2.46. The van der Waals surface area contributed by atoms with Crippen LogP contribution in [0.3, 0.4) is 0 Å². The minimum absolute atomic E-state index is 0.131. The Labute approximate surface area is 270 Å². The van der Waals surface area contributed by atoms with Crippen molar-refractivity contribution in [1.29, 1.82) is 0 Å². The second-order valence-electron chi connectivity index (χ2n) is 10.6. The van der Waals surface area contributed by atoms with Crippen LogP contribution in [0.2, 0.25) is 0 Å². The van der Waals surface area contributed by atoms with E-state index in [1.54, 1.807) is 23.1 Å². The fourth-order valence-corrected chi connectivity index (χ4v) is 6.42. The number of hydrogen-bond donors (Lipinski definition) is 2. The second kappa shape index (κ2) is 12.5. The molecule has 0 fully saturated rings. The molecule has 238 valence electrons. The number of halogens is 4. The van der Waals surface area contributed by atoms with Crippen LogP contribution in [-0.4, -0.2) is 38.6 Å². The average molecular weight is 715 g/mol. The lowest BCUT2D eigenvalue weighted by Gasteiger charge is -2.13. The number of alkyl halides is 3. The molecular weight excluding hydrogens is 687 g/mol. The van der Waals surface area contributed by atoms with Crippen LogP contribution in [0.5, 0.6) is 0 Å². The lowest BCUT2D eigenvalue weighted by atomic mass is 10.1. The Morgan fingerprint density at radius 3 is 2.52 bits per heavy atom. The number of aryl methyl sites for hydroxylation is 1. The summed E-state index contributed by atoms with van der Waals surface area (Å²) in [6.07, 6.45) is 4.28. The molecule has 0 saturated carbocycles. The molecule has 0 saturated heterocycles. The van der Waals surface area contributed by atoms with Crippen molar-refractivity contribution in [3.05, 3.63) is 94.5 Å². The number of hydrogen-bond acceptors (Lipinski definition) is 7. The van der Waals surface area contributed by atoms with Crippen LogP contribution in [0.25, 0.3) is 44.7 Å². The summed E-state index contributed by atoms with van der Waals surface area (Å²) in [7, 11) is -5.65. The monoisotopic (exact) mass is 713 g/mol. The van der Waals surface area contributed by atoms with Gasteiger partial charge in [-0.15, -0.1) is 0 Å². The van der Waals surface area contributed by atoms with E-state index in [0.717, 1.165) is 24.2 Å². The summed E-state index contributed by atoms with van der Waals surface area (Å²) in [6.45, 7) is 2.21. The van der Waals surface area contributed by atoms with E-state index in [9.17, 15) is 26.7 Å². The Kier molecular flexibility index (Phi) is 8.61. The van der Waals surface area contributed by atoms with Gasteiger partial charge in [-0.1, -0.05) is 37.6 Å². The molecule has 0 bridgehead atoms. The number of pyridine rings is 2. The molecule has 6 aromatic rings. The molecule has 46 heavy (non-hydrogen) atoms. The zero-order chi connectivity index (χ0) is 32.6. The highest BCUT2D eigenvalue weighted by Crippen LogP contribution is 2.42. The van der Waals surface area contributed by atoms with Crippen LogP contribution in [0.15, 0.2) is 81.8 Å². The number of imidazole rings is 1. The maximum Gasteiger partial charge on any atom is 0.516 e. The van der Waals surface area contributed by atoms with Gasteiger partial charge in [-0.3, -0.25) is 9.71 Å². The molecule has 0 unspecified atom stereocenters. The van der Waals surface area contributed by atoms with Gasteiger partial charge in [0.25, 0.3) is 0 Å². The third-order valence-electron chi connectivity index (χ3n) is 7.48. The van der Waals surface area contributed by atoms with Gasteiger partial charge in [-0.25, -0.2) is 9.97 Å². The molecule has 0 aliphatic carbocycles. The largest absolute Gasteiger partial charge is 0.516 e. The molecule has 0 amide bonds. The van der Waals surface area contributed by atoms with Crippen molar-refractivity contribution >= 4 is 53.8 Å². The van der Waals surface area contributed by atoms with Crippen molar-refractivity contribution in [2.75, 3.05) is 4.72 Å². The predicted molar refractivity (Wildman–Crippen MR) is 172 cm³/mol. The molecule has 0 atom stereocenters. The van der Waals surface area contributed by atoms with Gasteiger partial charge >= 0.3 is 15.5 Å². The summed E-state index contributed by atoms with van der Waals surface area (Å²) in [5, 5.41) is 10.8. The number of benzene rings is 2. The van der Waals surface area contributed by atoms with Gasteiger partial charge in [0.2, 0.25) is 0 Å². The Morgan fingerprint density at radius 1 is 1.02 bits per heavy atom. The topological polar surface area (TPSA) is 123 Å². The van der Waals surface area contributed by atoms with Crippen molar-refractivity contribution in [3.8, 4) is 22.6 Å². The second-order valence-corrected chi connectivity index (χ2v) is 13.1. The Hall–Kier alpha value is -4.27. The number of para-hydroxylation sites is 1. The number of aliphatic hydroxyl groups is 1. The fourth-order valence-electron chi connectivity index (χ4n) is 5.23. The van der Waals surface area contributed by atoms with E-state index in [-0.39, 0.29) is 23.6 Å². The van der Waals surface area contributed by atoms with Gasteiger partial charge in [0.1, 0.15) is 16.9 Å². The van der Waals surface area contributed by atoms with Crippen molar-refractivity contribution in [2.45, 2.75) is 44.8 Å². The van der Waals surface area contributed by atoms with Gasteiger partial charge in [0, 0.05) is 29.1 Å². The van der Waals surface area contributed by atoms with E-state index < -0.39 is 15.5 Å². The molecule has 9 nitrogen and oxygen atoms in total. The molecule has 6 rings (SSSR count). The molecule has 2 N–H and O–H groups in total. The van der Waals surface area contributed by atoms with E-state index in [0.29, 0.717) is 56.5 Å². The fraction of sp³-hybridized carbons (Fsp3) is 0.219. The minimum Gasteiger partial charge on any atom is -0.455 e. The van der Waals surface area contributed by atoms with Crippen LogP contribution in [-0.2, 0) is 29.6 Å². The predicted octanol–water partition coefficient (Wildman–Crippen LogP) is 7.81. The normalized spacial score (nSPS) is 12.3. The summed E-state index contributed by atoms with van der Waals surface area (Å²) in [5.74, 6) is 1.00. The molecule has 4 aromatic heterocycles. The number of fused-ring (bicyclic) bond motifs is 2. The number of nitrogens with zero attached hydrogens (tertiary/aromatic N) is 4. The molecule has 4 heterocycles. The molecule has 0 spiro atoms. The summed E-state index contributed by atoms with van der Waals surface area (Å²) >= 11 is 3.53. The van der Waals surface area contributed by atoms with Crippen molar-refractivity contribution < 1.29 is 31.1 Å². The van der Waals surface area contributed by atoms with Crippen LogP contribution in [0, 0.1) is 0 Å². The van der Waals surface area contributed by atoms with E-state index in [4.69, 9.17) is 14.4 Å². The lowest BCUT2D eigenvalue weighted by molar-refractivity contribution is -0.0429.